The van der Waals surface area contributed by atoms with E-state index in [1.807, 2.05) is 6.07 Å². The van der Waals surface area contributed by atoms with Crippen LogP contribution >= 0.6 is 11.8 Å². The van der Waals surface area contributed by atoms with E-state index in [1.165, 1.54) is 30.8 Å². The topological polar surface area (TPSA) is 49.8 Å². The number of nitrogens with zero attached hydrogens (tertiary/aromatic N) is 2. The van der Waals surface area contributed by atoms with Crippen molar-refractivity contribution in [2.45, 2.75) is 32.1 Å². The molecular weight excluding hydrogens is 256 g/mol. The molecule has 1 aromatic rings. The Labute approximate surface area is 119 Å². The highest BCUT2D eigenvalue weighted by atomic mass is 32.2. The maximum atomic E-state index is 4.67. The summed E-state index contributed by atoms with van der Waals surface area (Å²) >= 11 is 2.06. The molecule has 4 nitrogen and oxygen atoms in total. The fourth-order valence-corrected chi connectivity index (χ4v) is 3.63. The molecule has 1 unspecified atom stereocenters. The summed E-state index contributed by atoms with van der Waals surface area (Å²) in [4.78, 5) is 9.27. The van der Waals surface area contributed by atoms with Gasteiger partial charge in [0.25, 0.3) is 0 Å². The Balaban J connectivity index is 1.67. The largest absolute Gasteiger partial charge is 0.370 e. The molecule has 1 atom stereocenters. The minimum Gasteiger partial charge on any atom is -0.370 e. The highest BCUT2D eigenvalue weighted by Crippen LogP contribution is 2.38. The van der Waals surface area contributed by atoms with Crippen molar-refractivity contribution in [1.29, 1.82) is 0 Å². The quantitative estimate of drug-likeness (QED) is 0.838. The summed E-state index contributed by atoms with van der Waals surface area (Å²) in [5, 5.41) is 6.81. The van der Waals surface area contributed by atoms with Crippen molar-refractivity contribution >= 4 is 23.4 Å². The van der Waals surface area contributed by atoms with Gasteiger partial charge in [-0.15, -0.1) is 0 Å². The molecule has 2 aliphatic rings. The molecule has 104 valence electrons. The van der Waals surface area contributed by atoms with Crippen LogP contribution in [0.3, 0.4) is 0 Å². The Kier molecular flexibility index (Phi) is 4.11. The fraction of sp³-hybridized carbons (Fsp3) is 0.714. The van der Waals surface area contributed by atoms with Crippen molar-refractivity contribution in [3.8, 4) is 0 Å². The lowest BCUT2D eigenvalue weighted by molar-refractivity contribution is 0.630. The molecule has 0 spiro atoms. The van der Waals surface area contributed by atoms with E-state index in [9.17, 15) is 0 Å². The summed E-state index contributed by atoms with van der Waals surface area (Å²) in [6.07, 6.45) is 3.82. The average molecular weight is 278 g/mol. The van der Waals surface area contributed by atoms with Gasteiger partial charge in [0.1, 0.15) is 17.5 Å². The van der Waals surface area contributed by atoms with Crippen LogP contribution in [0.1, 0.15) is 37.9 Å². The molecule has 2 N–H and O–H groups in total. The zero-order chi connectivity index (χ0) is 13.1. The summed E-state index contributed by atoms with van der Waals surface area (Å²) in [6.45, 7) is 4.04. The van der Waals surface area contributed by atoms with Gasteiger partial charge in [0, 0.05) is 25.1 Å². The lowest BCUT2D eigenvalue weighted by atomic mass is 10.1. The molecule has 1 aliphatic heterocycles. The molecule has 2 fully saturated rings. The lowest BCUT2D eigenvalue weighted by Gasteiger charge is -2.13. The second-order valence-corrected chi connectivity index (χ2v) is 6.56. The molecule has 0 amide bonds. The summed E-state index contributed by atoms with van der Waals surface area (Å²) in [7, 11) is 0. The summed E-state index contributed by atoms with van der Waals surface area (Å²) in [5.74, 6) is 6.96. The van der Waals surface area contributed by atoms with Gasteiger partial charge >= 0.3 is 0 Å². The molecular formula is C14H22N4S. The Morgan fingerprint density at radius 1 is 1.21 bits per heavy atom. The number of nitrogens with one attached hydrogen (secondary N) is 2. The van der Waals surface area contributed by atoms with Gasteiger partial charge in [-0.2, -0.15) is 11.8 Å². The fourth-order valence-electron chi connectivity index (χ4n) is 2.35. The van der Waals surface area contributed by atoms with Crippen LogP contribution in [0.25, 0.3) is 0 Å². The molecule has 1 saturated carbocycles. The first-order valence-corrected chi connectivity index (χ1v) is 8.45. The number of rotatable bonds is 6. The van der Waals surface area contributed by atoms with Crippen LogP contribution in [0.2, 0.25) is 0 Å². The third kappa shape index (κ3) is 3.53. The molecule has 2 heterocycles. The van der Waals surface area contributed by atoms with Gasteiger partial charge in [-0.25, -0.2) is 9.97 Å². The first-order chi connectivity index (χ1) is 9.35. The Hall–Kier alpha value is -0.970. The number of hydrogen-bond acceptors (Lipinski definition) is 5. The second-order valence-electron chi connectivity index (χ2n) is 5.41. The first-order valence-electron chi connectivity index (χ1n) is 7.29. The van der Waals surface area contributed by atoms with Gasteiger partial charge in [-0.05, 0) is 43.6 Å². The zero-order valence-electron chi connectivity index (χ0n) is 11.5. The van der Waals surface area contributed by atoms with E-state index in [1.54, 1.807) is 0 Å². The van der Waals surface area contributed by atoms with Crippen molar-refractivity contribution < 1.29 is 0 Å². The Morgan fingerprint density at radius 2 is 2.00 bits per heavy atom. The van der Waals surface area contributed by atoms with E-state index in [0.29, 0.717) is 5.92 Å². The highest BCUT2D eigenvalue weighted by Gasteiger charge is 2.27. The van der Waals surface area contributed by atoms with E-state index in [-0.39, 0.29) is 0 Å². The number of anilines is 2. The van der Waals surface area contributed by atoms with Crippen LogP contribution in [0.15, 0.2) is 6.07 Å². The summed E-state index contributed by atoms with van der Waals surface area (Å²) in [6, 6.07) is 2.04. The Bertz CT molecular complexity index is 427. The van der Waals surface area contributed by atoms with E-state index in [4.69, 9.17) is 0 Å². The predicted molar refractivity (Wildman–Crippen MR) is 82.1 cm³/mol. The number of thioether (sulfide) groups is 1. The van der Waals surface area contributed by atoms with Crippen molar-refractivity contribution in [1.82, 2.24) is 9.97 Å². The molecule has 1 aromatic heterocycles. The van der Waals surface area contributed by atoms with Gasteiger partial charge in [0.2, 0.25) is 0 Å². The average Bonchev–Trinajstić information content (AvgIpc) is 3.14. The maximum absolute atomic E-state index is 4.67. The number of aromatic nitrogens is 2. The summed E-state index contributed by atoms with van der Waals surface area (Å²) < 4.78 is 0. The van der Waals surface area contributed by atoms with E-state index in [2.05, 4.69) is 39.3 Å². The number of hydrogen-bond donors (Lipinski definition) is 2. The molecule has 1 aliphatic carbocycles. The molecule has 0 radical (unpaired) electrons. The smallest absolute Gasteiger partial charge is 0.136 e. The summed E-state index contributed by atoms with van der Waals surface area (Å²) in [5.41, 5.74) is 0. The van der Waals surface area contributed by atoms with Gasteiger partial charge in [0.05, 0.1) is 0 Å². The van der Waals surface area contributed by atoms with Crippen LogP contribution in [-0.4, -0.2) is 34.6 Å². The van der Waals surface area contributed by atoms with Crippen molar-refractivity contribution in [2.24, 2.45) is 5.92 Å². The predicted octanol–water partition coefficient (Wildman–Crippen LogP) is 2.95. The van der Waals surface area contributed by atoms with E-state index < -0.39 is 0 Å². The molecule has 3 rings (SSSR count). The van der Waals surface area contributed by atoms with Gasteiger partial charge < -0.3 is 10.6 Å². The second kappa shape index (κ2) is 5.99. The molecule has 19 heavy (non-hydrogen) atoms. The minimum atomic E-state index is 0.598. The maximum Gasteiger partial charge on any atom is 0.136 e. The van der Waals surface area contributed by atoms with Crippen LogP contribution in [-0.2, 0) is 0 Å². The van der Waals surface area contributed by atoms with Crippen molar-refractivity contribution in [2.75, 3.05) is 35.2 Å². The SMILES string of the molecule is CCNc1cc(NCC2CCSC2)nc(C2CC2)n1. The van der Waals surface area contributed by atoms with Gasteiger partial charge in [0.15, 0.2) is 0 Å². The van der Waals surface area contributed by atoms with Crippen LogP contribution in [0.4, 0.5) is 11.6 Å². The standard InChI is InChI=1S/C14H22N4S/c1-2-15-12-7-13(16-8-10-5-6-19-9-10)18-14(17-12)11-3-4-11/h7,10-11H,2-6,8-9H2,1H3,(H2,15,16,17,18). The van der Waals surface area contributed by atoms with Crippen LogP contribution < -0.4 is 10.6 Å². The van der Waals surface area contributed by atoms with E-state index >= 15 is 0 Å². The monoisotopic (exact) mass is 278 g/mol. The van der Waals surface area contributed by atoms with Gasteiger partial charge in [-0.1, -0.05) is 0 Å². The lowest BCUT2D eigenvalue weighted by Crippen LogP contribution is -2.15. The highest BCUT2D eigenvalue weighted by molar-refractivity contribution is 7.99. The third-order valence-electron chi connectivity index (χ3n) is 3.64. The normalized spacial score (nSPS) is 22.5. The molecule has 0 aromatic carbocycles. The first kappa shape index (κ1) is 13.0. The van der Waals surface area contributed by atoms with Gasteiger partial charge in [-0.3, -0.25) is 0 Å². The molecule has 0 bridgehead atoms. The molecule has 5 heteroatoms. The van der Waals surface area contributed by atoms with Crippen molar-refractivity contribution in [3.63, 3.8) is 0 Å². The minimum absolute atomic E-state index is 0.598. The van der Waals surface area contributed by atoms with E-state index in [0.717, 1.165) is 36.5 Å². The van der Waals surface area contributed by atoms with Crippen LogP contribution in [0.5, 0.6) is 0 Å². The van der Waals surface area contributed by atoms with Crippen LogP contribution in [0, 0.1) is 5.92 Å². The Morgan fingerprint density at radius 3 is 2.63 bits per heavy atom. The third-order valence-corrected chi connectivity index (χ3v) is 4.87. The zero-order valence-corrected chi connectivity index (χ0v) is 12.3. The van der Waals surface area contributed by atoms with Crippen molar-refractivity contribution in [3.05, 3.63) is 11.9 Å². The molecule has 1 saturated heterocycles.